The van der Waals surface area contributed by atoms with E-state index < -0.39 is 0 Å². The summed E-state index contributed by atoms with van der Waals surface area (Å²) in [5.41, 5.74) is 1.49. The van der Waals surface area contributed by atoms with Crippen LogP contribution >= 0.6 is 23.5 Å². The van der Waals surface area contributed by atoms with Gasteiger partial charge in [0.15, 0.2) is 5.78 Å². The molecule has 0 radical (unpaired) electrons. The van der Waals surface area contributed by atoms with E-state index in [1.54, 1.807) is 0 Å². The smallest absolute Gasteiger partial charge is 0.156 e. The highest BCUT2D eigenvalue weighted by Gasteiger charge is 2.63. The summed E-state index contributed by atoms with van der Waals surface area (Å²) in [7, 11) is 0. The first-order chi connectivity index (χ1) is 12.9. The molecule has 0 aromatic rings. The van der Waals surface area contributed by atoms with Crippen molar-refractivity contribution in [1.82, 2.24) is 0 Å². The summed E-state index contributed by atoms with van der Waals surface area (Å²) in [5, 5.41) is 0.990. The minimum absolute atomic E-state index is 0.0802. The summed E-state index contributed by atoms with van der Waals surface area (Å²) < 4.78 is 0. The van der Waals surface area contributed by atoms with Gasteiger partial charge in [0.1, 0.15) is 5.78 Å². The molecule has 0 spiro atoms. The number of allylic oxidation sites excluding steroid dienone is 1. The van der Waals surface area contributed by atoms with E-state index in [-0.39, 0.29) is 10.8 Å². The Balaban J connectivity index is 1.78. The second-order valence-electron chi connectivity index (χ2n) is 9.47. The van der Waals surface area contributed by atoms with Gasteiger partial charge in [-0.2, -0.15) is 23.5 Å². The Kier molecular flexibility index (Phi) is 5.38. The monoisotopic (exact) mass is 406 g/mol. The lowest BCUT2D eigenvalue weighted by molar-refractivity contribution is -0.132. The summed E-state index contributed by atoms with van der Waals surface area (Å²) in [6, 6.07) is 0. The number of rotatable bonds is 4. The molecule has 0 aromatic heterocycles. The second kappa shape index (κ2) is 7.23. The SMILES string of the molecule is CCS[C@H]1CC(=O)C=C2C[C@@H](SCC)[C@@H]3[C@H](CC[C@]4(C)C(=O)CC[C@@H]34)[C@]21C. The fraction of sp³-hybridized carbons (Fsp3) is 0.826. The van der Waals surface area contributed by atoms with Gasteiger partial charge in [0.05, 0.1) is 0 Å². The zero-order valence-corrected chi connectivity index (χ0v) is 18.9. The van der Waals surface area contributed by atoms with Crippen LogP contribution in [0.1, 0.15) is 66.2 Å². The van der Waals surface area contributed by atoms with Gasteiger partial charge in [-0.3, -0.25) is 9.59 Å². The van der Waals surface area contributed by atoms with Gasteiger partial charge in [0, 0.05) is 34.2 Å². The van der Waals surface area contributed by atoms with Crippen molar-refractivity contribution in [3.05, 3.63) is 11.6 Å². The lowest BCUT2D eigenvalue weighted by Gasteiger charge is -2.61. The van der Waals surface area contributed by atoms with Gasteiger partial charge in [0.25, 0.3) is 0 Å². The van der Waals surface area contributed by atoms with Crippen molar-refractivity contribution >= 4 is 35.1 Å². The predicted octanol–water partition coefficient (Wildman–Crippen LogP) is 5.55. The van der Waals surface area contributed by atoms with Crippen molar-refractivity contribution in [3.8, 4) is 0 Å². The van der Waals surface area contributed by atoms with Crippen molar-refractivity contribution in [2.75, 3.05) is 11.5 Å². The summed E-state index contributed by atoms with van der Waals surface area (Å²) in [4.78, 5) is 25.3. The molecule has 0 aliphatic heterocycles. The van der Waals surface area contributed by atoms with Crippen LogP contribution in [0.2, 0.25) is 0 Å². The maximum Gasteiger partial charge on any atom is 0.156 e. The lowest BCUT2D eigenvalue weighted by Crippen LogP contribution is -2.58. The van der Waals surface area contributed by atoms with Crippen LogP contribution in [-0.4, -0.2) is 33.6 Å². The first-order valence-electron chi connectivity index (χ1n) is 10.9. The van der Waals surface area contributed by atoms with E-state index in [1.165, 1.54) is 5.57 Å². The lowest BCUT2D eigenvalue weighted by atomic mass is 9.47. The Morgan fingerprint density at radius 2 is 1.78 bits per heavy atom. The molecule has 150 valence electrons. The number of ketones is 2. The Labute approximate surface area is 173 Å². The molecule has 0 bridgehead atoms. The van der Waals surface area contributed by atoms with Crippen LogP contribution in [0.3, 0.4) is 0 Å². The van der Waals surface area contributed by atoms with Crippen molar-refractivity contribution in [2.45, 2.75) is 76.7 Å². The molecule has 0 unspecified atom stereocenters. The minimum atomic E-state index is -0.0802. The molecule has 27 heavy (non-hydrogen) atoms. The number of carbonyl (C=O) groups excluding carboxylic acids is 2. The highest BCUT2D eigenvalue weighted by molar-refractivity contribution is 8.00. The van der Waals surface area contributed by atoms with Crippen LogP contribution in [0.4, 0.5) is 0 Å². The molecular weight excluding hydrogens is 372 g/mol. The van der Waals surface area contributed by atoms with Gasteiger partial charge in [0.2, 0.25) is 0 Å². The van der Waals surface area contributed by atoms with E-state index in [4.69, 9.17) is 0 Å². The molecular formula is C23H34O2S2. The number of hydrogen-bond donors (Lipinski definition) is 0. The van der Waals surface area contributed by atoms with Gasteiger partial charge in [-0.25, -0.2) is 0 Å². The van der Waals surface area contributed by atoms with E-state index in [9.17, 15) is 9.59 Å². The minimum Gasteiger partial charge on any atom is -0.299 e. The zero-order chi connectivity index (χ0) is 19.4. The third kappa shape index (κ3) is 2.91. The molecule has 2 nitrogen and oxygen atoms in total. The Hall–Kier alpha value is -0.220. The maximum absolute atomic E-state index is 12.8. The topological polar surface area (TPSA) is 34.1 Å². The second-order valence-corrected chi connectivity index (χ2v) is 12.5. The highest BCUT2D eigenvalue weighted by Crippen LogP contribution is 2.67. The normalized spacial score (nSPS) is 46.5. The predicted molar refractivity (Wildman–Crippen MR) is 116 cm³/mol. The molecule has 4 rings (SSSR count). The van der Waals surface area contributed by atoms with Gasteiger partial charge in [-0.05, 0) is 61.0 Å². The van der Waals surface area contributed by atoms with Crippen LogP contribution in [0.15, 0.2) is 11.6 Å². The average Bonchev–Trinajstić information content (AvgIpc) is 2.92. The summed E-state index contributed by atoms with van der Waals surface area (Å²) >= 11 is 4.09. The van der Waals surface area contributed by atoms with Gasteiger partial charge < -0.3 is 0 Å². The zero-order valence-electron chi connectivity index (χ0n) is 17.3. The maximum atomic E-state index is 12.8. The molecule has 4 aliphatic carbocycles. The Morgan fingerprint density at radius 1 is 1.04 bits per heavy atom. The van der Waals surface area contributed by atoms with E-state index in [2.05, 4.69) is 39.5 Å². The van der Waals surface area contributed by atoms with Crippen molar-refractivity contribution in [2.24, 2.45) is 28.6 Å². The highest BCUT2D eigenvalue weighted by atomic mass is 32.2. The summed E-state index contributed by atoms with van der Waals surface area (Å²) in [5.74, 6) is 4.87. The number of Topliss-reactive ketones (excluding diaryl/α,β-unsaturated/α-hetero) is 1. The fourth-order valence-electron chi connectivity index (χ4n) is 7.12. The molecule has 0 saturated heterocycles. The third-order valence-electron chi connectivity index (χ3n) is 8.49. The van der Waals surface area contributed by atoms with Gasteiger partial charge >= 0.3 is 0 Å². The van der Waals surface area contributed by atoms with Crippen molar-refractivity contribution < 1.29 is 9.59 Å². The Morgan fingerprint density at radius 3 is 2.48 bits per heavy atom. The van der Waals surface area contributed by atoms with Crippen LogP contribution < -0.4 is 0 Å². The molecule has 0 N–H and O–H groups in total. The van der Waals surface area contributed by atoms with Crippen molar-refractivity contribution in [3.63, 3.8) is 0 Å². The van der Waals surface area contributed by atoms with E-state index >= 15 is 0 Å². The summed E-state index contributed by atoms with van der Waals surface area (Å²) in [6.07, 6.45) is 7.89. The van der Waals surface area contributed by atoms with E-state index in [0.717, 1.165) is 43.6 Å². The summed E-state index contributed by atoms with van der Waals surface area (Å²) in [6.45, 7) is 9.22. The molecule has 0 amide bonds. The van der Waals surface area contributed by atoms with E-state index in [0.29, 0.717) is 46.2 Å². The van der Waals surface area contributed by atoms with Crippen LogP contribution in [-0.2, 0) is 9.59 Å². The molecule has 0 heterocycles. The fourth-order valence-corrected chi connectivity index (χ4v) is 9.81. The van der Waals surface area contributed by atoms with Crippen LogP contribution in [0.25, 0.3) is 0 Å². The van der Waals surface area contributed by atoms with Gasteiger partial charge in [-0.1, -0.05) is 33.3 Å². The number of thioether (sulfide) groups is 2. The number of hydrogen-bond acceptors (Lipinski definition) is 4. The van der Waals surface area contributed by atoms with Crippen molar-refractivity contribution in [1.29, 1.82) is 0 Å². The number of carbonyl (C=O) groups is 2. The van der Waals surface area contributed by atoms with E-state index in [1.807, 2.05) is 17.8 Å². The van der Waals surface area contributed by atoms with Crippen LogP contribution in [0, 0.1) is 28.6 Å². The molecule has 4 heteroatoms. The molecule has 0 aromatic carbocycles. The largest absolute Gasteiger partial charge is 0.299 e. The number of fused-ring (bicyclic) bond motifs is 5. The average molecular weight is 407 g/mol. The standard InChI is InChI=1S/C23H34O2S2/c1-5-26-18-12-14-11-15(24)13-20(27-6-2)23(14,4)17-9-10-22(3)16(21(17)18)7-8-19(22)25/h11,16-18,20-21H,5-10,12-13H2,1-4H3/t16-,17-,18+,20-,21-,22-,23-/m0/s1. The van der Waals surface area contributed by atoms with Crippen LogP contribution in [0.5, 0.6) is 0 Å². The molecule has 3 fully saturated rings. The molecule has 3 saturated carbocycles. The first kappa shape index (κ1) is 20.1. The molecule has 4 aliphatic rings. The molecule has 7 atom stereocenters. The first-order valence-corrected chi connectivity index (χ1v) is 13.0. The van der Waals surface area contributed by atoms with Gasteiger partial charge in [-0.15, -0.1) is 0 Å². The quantitative estimate of drug-likeness (QED) is 0.613. The third-order valence-corrected chi connectivity index (χ3v) is 11.1. The Bertz CT molecular complexity index is 671.